The molecule has 0 unspecified atom stereocenters. The van der Waals surface area contributed by atoms with Gasteiger partial charge in [-0.3, -0.25) is 5.43 Å². The van der Waals surface area contributed by atoms with Gasteiger partial charge in [0.25, 0.3) is 0 Å². The summed E-state index contributed by atoms with van der Waals surface area (Å²) in [4.78, 5) is 0.154. The number of hydrogen-bond donors (Lipinski definition) is 2. The predicted molar refractivity (Wildman–Crippen MR) is 109 cm³/mol. The minimum atomic E-state index is -4.02. The second-order valence-corrected chi connectivity index (χ2v) is 7.83. The van der Waals surface area contributed by atoms with Crippen LogP contribution in [0.15, 0.2) is 40.3 Å². The van der Waals surface area contributed by atoms with Crippen LogP contribution in [-0.2, 0) is 10.1 Å². The van der Waals surface area contributed by atoms with Crippen molar-refractivity contribution in [3.8, 4) is 11.5 Å². The fourth-order valence-corrected chi connectivity index (χ4v) is 4.14. The van der Waals surface area contributed by atoms with Gasteiger partial charge in [-0.25, -0.2) is 0 Å². The zero-order valence-electron chi connectivity index (χ0n) is 15.4. The molecule has 0 aliphatic heterocycles. The van der Waals surface area contributed by atoms with Gasteiger partial charge < -0.3 is 14.7 Å². The Kier molecular flexibility index (Phi) is 6.40. The van der Waals surface area contributed by atoms with Crippen LogP contribution >= 0.6 is 12.2 Å². The maximum atomic E-state index is 12.8. The van der Waals surface area contributed by atoms with Crippen molar-refractivity contribution in [2.24, 2.45) is 10.8 Å². The van der Waals surface area contributed by atoms with E-state index in [1.807, 2.05) is 6.92 Å². The van der Waals surface area contributed by atoms with Gasteiger partial charge in [0, 0.05) is 0 Å². The number of rotatable bonds is 6. The molecule has 0 aliphatic carbocycles. The van der Waals surface area contributed by atoms with Crippen molar-refractivity contribution >= 4 is 33.7 Å². The van der Waals surface area contributed by atoms with Gasteiger partial charge in [0.2, 0.25) is 0 Å². The van der Waals surface area contributed by atoms with Gasteiger partial charge >= 0.3 is 10.1 Å². The van der Waals surface area contributed by atoms with Crippen molar-refractivity contribution in [1.29, 1.82) is 0 Å². The lowest BCUT2D eigenvalue weighted by molar-refractivity contribution is 0.390. The van der Waals surface area contributed by atoms with Crippen molar-refractivity contribution in [3.05, 3.63) is 52.6 Å². The van der Waals surface area contributed by atoms with Crippen LogP contribution in [0, 0.1) is 20.8 Å². The van der Waals surface area contributed by atoms with Crippen LogP contribution in [0.25, 0.3) is 0 Å². The predicted octanol–water partition coefficient (Wildman–Crippen LogP) is 2.56. The largest absolute Gasteiger partial charge is 0.493 e. The fraction of sp³-hybridized carbons (Fsp3) is 0.222. The number of hydrogen-bond acceptors (Lipinski definition) is 6. The lowest BCUT2D eigenvalue weighted by Gasteiger charge is -2.15. The van der Waals surface area contributed by atoms with Crippen LogP contribution in [0.4, 0.5) is 0 Å². The molecule has 2 rings (SSSR count). The standard InChI is InChI=1S/C18H21N3O4S2/c1-11-7-12(2)17(13(3)8-11)27(22,23)25-15-6-5-14(9-16(15)24-4)10-20-21-18(19)26/h5-10H,1-4H3,(H3,19,21,26)/b20-10+. The highest BCUT2D eigenvalue weighted by Crippen LogP contribution is 2.32. The summed E-state index contributed by atoms with van der Waals surface area (Å²) in [5.41, 5.74) is 10.6. The Labute approximate surface area is 164 Å². The van der Waals surface area contributed by atoms with Gasteiger partial charge in [0.1, 0.15) is 4.90 Å². The zero-order valence-corrected chi connectivity index (χ0v) is 17.1. The minimum Gasteiger partial charge on any atom is -0.493 e. The molecular formula is C18H21N3O4S2. The third-order valence-electron chi connectivity index (χ3n) is 3.63. The molecule has 27 heavy (non-hydrogen) atoms. The van der Waals surface area contributed by atoms with Crippen molar-refractivity contribution in [2.75, 3.05) is 7.11 Å². The van der Waals surface area contributed by atoms with Crippen LogP contribution in [0.2, 0.25) is 0 Å². The Hall–Kier alpha value is -2.65. The molecule has 2 aromatic carbocycles. The van der Waals surface area contributed by atoms with E-state index >= 15 is 0 Å². The molecule has 0 saturated heterocycles. The summed E-state index contributed by atoms with van der Waals surface area (Å²) in [7, 11) is -2.60. The smallest absolute Gasteiger partial charge is 0.339 e. The summed E-state index contributed by atoms with van der Waals surface area (Å²) >= 11 is 4.66. The molecule has 0 atom stereocenters. The molecule has 9 heteroatoms. The molecule has 0 heterocycles. The van der Waals surface area contributed by atoms with E-state index in [1.54, 1.807) is 38.1 Å². The summed E-state index contributed by atoms with van der Waals surface area (Å²) in [5, 5.41) is 3.88. The molecule has 0 radical (unpaired) electrons. The molecule has 0 fully saturated rings. The van der Waals surface area contributed by atoms with E-state index in [4.69, 9.17) is 14.7 Å². The van der Waals surface area contributed by atoms with Gasteiger partial charge in [-0.2, -0.15) is 13.5 Å². The Morgan fingerprint density at radius 3 is 2.33 bits per heavy atom. The van der Waals surface area contributed by atoms with Crippen LogP contribution in [0.5, 0.6) is 11.5 Å². The third kappa shape index (κ3) is 5.18. The number of aryl methyl sites for hydroxylation is 3. The van der Waals surface area contributed by atoms with Crippen molar-refractivity contribution in [2.45, 2.75) is 25.7 Å². The number of nitrogens with two attached hydrogens (primary N) is 1. The van der Waals surface area contributed by atoms with Crippen LogP contribution < -0.4 is 20.1 Å². The first-order valence-corrected chi connectivity index (χ1v) is 9.74. The average Bonchev–Trinajstić information content (AvgIpc) is 2.54. The number of nitrogens with one attached hydrogen (secondary N) is 1. The van der Waals surface area contributed by atoms with Crippen LogP contribution in [0.1, 0.15) is 22.3 Å². The van der Waals surface area contributed by atoms with Gasteiger partial charge in [-0.05, 0) is 67.9 Å². The molecule has 0 saturated carbocycles. The fourth-order valence-electron chi connectivity index (χ4n) is 2.72. The van der Waals surface area contributed by atoms with E-state index in [1.165, 1.54) is 19.4 Å². The highest BCUT2D eigenvalue weighted by atomic mass is 32.2. The van der Waals surface area contributed by atoms with Crippen LogP contribution in [-0.4, -0.2) is 26.9 Å². The lowest BCUT2D eigenvalue weighted by atomic mass is 10.1. The Morgan fingerprint density at radius 1 is 1.15 bits per heavy atom. The van der Waals surface area contributed by atoms with E-state index in [0.29, 0.717) is 16.7 Å². The second kappa shape index (κ2) is 8.36. The SMILES string of the molecule is COc1cc(/C=N/NC(N)=S)ccc1OS(=O)(=O)c1c(C)cc(C)cc1C. The molecule has 0 bridgehead atoms. The monoisotopic (exact) mass is 407 g/mol. The van der Waals surface area contributed by atoms with Gasteiger partial charge in [0.15, 0.2) is 16.6 Å². The number of methoxy groups -OCH3 is 1. The topological polar surface area (TPSA) is 103 Å². The van der Waals surface area contributed by atoms with Gasteiger partial charge in [-0.15, -0.1) is 0 Å². The van der Waals surface area contributed by atoms with E-state index in [-0.39, 0.29) is 21.5 Å². The number of hydrazone groups is 1. The molecule has 7 nitrogen and oxygen atoms in total. The van der Waals surface area contributed by atoms with Crippen molar-refractivity contribution in [1.82, 2.24) is 5.43 Å². The summed E-state index contributed by atoms with van der Waals surface area (Å²) in [6, 6.07) is 8.32. The summed E-state index contributed by atoms with van der Waals surface area (Å²) in [5.74, 6) is 0.330. The molecular weight excluding hydrogens is 386 g/mol. The quantitative estimate of drug-likeness (QED) is 0.328. The number of benzene rings is 2. The van der Waals surface area contributed by atoms with E-state index in [0.717, 1.165) is 5.56 Å². The van der Waals surface area contributed by atoms with E-state index in [2.05, 4.69) is 22.7 Å². The van der Waals surface area contributed by atoms with E-state index < -0.39 is 10.1 Å². The normalized spacial score (nSPS) is 11.4. The molecule has 3 N–H and O–H groups in total. The maximum absolute atomic E-state index is 12.8. The Bertz CT molecular complexity index is 979. The van der Waals surface area contributed by atoms with E-state index in [9.17, 15) is 8.42 Å². The number of ether oxygens (including phenoxy) is 1. The minimum absolute atomic E-state index is 0.0353. The highest BCUT2D eigenvalue weighted by molar-refractivity contribution is 7.87. The van der Waals surface area contributed by atoms with Gasteiger partial charge in [-0.1, -0.05) is 17.7 Å². The molecule has 0 aliphatic rings. The molecule has 144 valence electrons. The third-order valence-corrected chi connectivity index (χ3v) is 5.26. The first-order valence-electron chi connectivity index (χ1n) is 7.93. The first-order chi connectivity index (χ1) is 12.6. The molecule has 0 amide bonds. The van der Waals surface area contributed by atoms with Gasteiger partial charge in [0.05, 0.1) is 13.3 Å². The maximum Gasteiger partial charge on any atom is 0.339 e. The summed E-state index contributed by atoms with van der Waals surface area (Å²) in [6.07, 6.45) is 1.47. The zero-order chi connectivity index (χ0) is 20.2. The van der Waals surface area contributed by atoms with Crippen LogP contribution in [0.3, 0.4) is 0 Å². The molecule has 0 aromatic heterocycles. The Balaban J connectivity index is 2.36. The lowest BCUT2D eigenvalue weighted by Crippen LogP contribution is -2.23. The van der Waals surface area contributed by atoms with Crippen molar-refractivity contribution < 1.29 is 17.3 Å². The second-order valence-electron chi connectivity index (χ2n) is 5.91. The summed E-state index contributed by atoms with van der Waals surface area (Å²) in [6.45, 7) is 5.39. The average molecular weight is 408 g/mol. The highest BCUT2D eigenvalue weighted by Gasteiger charge is 2.23. The molecule has 0 spiro atoms. The number of nitrogens with zero attached hydrogens (tertiary/aromatic N) is 1. The van der Waals surface area contributed by atoms with Crippen molar-refractivity contribution in [3.63, 3.8) is 0 Å². The first kappa shape index (κ1) is 20.7. The summed E-state index contributed by atoms with van der Waals surface area (Å²) < 4.78 is 36.2. The Morgan fingerprint density at radius 2 is 1.78 bits per heavy atom. The molecule has 2 aromatic rings. The number of thiocarbonyl (C=S) groups is 1.